The van der Waals surface area contributed by atoms with Crippen LogP contribution in [-0.4, -0.2) is 15.6 Å². The number of hydrogen-bond acceptors (Lipinski definition) is 5. The lowest BCUT2D eigenvalue weighted by atomic mass is 10.2. The Morgan fingerprint density at radius 3 is 2.62 bits per heavy atom. The number of thiophene rings is 2. The molecule has 0 aliphatic heterocycles. The van der Waals surface area contributed by atoms with Gasteiger partial charge in [0.05, 0.1) is 14.0 Å². The van der Waals surface area contributed by atoms with E-state index in [1.54, 1.807) is 12.1 Å². The Morgan fingerprint density at radius 1 is 1.15 bits per heavy atom. The summed E-state index contributed by atoms with van der Waals surface area (Å²) in [6.45, 7) is 0. The van der Waals surface area contributed by atoms with E-state index in [1.165, 1.54) is 22.7 Å². The summed E-state index contributed by atoms with van der Waals surface area (Å²) in [5, 5.41) is 0.482. The smallest absolute Gasteiger partial charge is 0.282 e. The number of carbonyl (C=O) groups excluding carboxylic acids is 1. The van der Waals surface area contributed by atoms with E-state index in [0.717, 1.165) is 18.9 Å². The number of rotatable bonds is 3. The number of amides is 1. The van der Waals surface area contributed by atoms with Crippen molar-refractivity contribution in [1.82, 2.24) is 9.66 Å². The van der Waals surface area contributed by atoms with Crippen LogP contribution in [-0.2, 0) is 0 Å². The second kappa shape index (κ2) is 6.92. The van der Waals surface area contributed by atoms with Crippen LogP contribution in [0, 0.1) is 4.77 Å². The van der Waals surface area contributed by atoms with Crippen LogP contribution in [0.5, 0.6) is 0 Å². The molecule has 0 aliphatic rings. The Kier molecular flexibility index (Phi) is 4.62. The lowest BCUT2D eigenvalue weighted by Crippen LogP contribution is -2.33. The second-order valence-electron chi connectivity index (χ2n) is 5.33. The highest BCUT2D eigenvalue weighted by Gasteiger charge is 2.14. The predicted molar refractivity (Wildman–Crippen MR) is 112 cm³/mol. The van der Waals surface area contributed by atoms with Gasteiger partial charge >= 0.3 is 0 Å². The summed E-state index contributed by atoms with van der Waals surface area (Å²) in [6, 6.07) is 15.1. The topological polar surface area (TPSA) is 66.9 Å². The summed E-state index contributed by atoms with van der Waals surface area (Å²) in [6.07, 6.45) is 0. The number of nitrogens with one attached hydrogen (secondary N) is 2. The van der Waals surface area contributed by atoms with E-state index < -0.39 is 0 Å². The quantitative estimate of drug-likeness (QED) is 0.420. The maximum Gasteiger partial charge on any atom is 0.282 e. The minimum absolute atomic E-state index is 0.146. The van der Waals surface area contributed by atoms with Crippen LogP contribution in [0.15, 0.2) is 57.1 Å². The number of benzene rings is 1. The van der Waals surface area contributed by atoms with Crippen LogP contribution in [0.4, 0.5) is 0 Å². The summed E-state index contributed by atoms with van der Waals surface area (Å²) in [5.74, 6) is -0.389. The Labute approximate surface area is 169 Å². The van der Waals surface area contributed by atoms with Gasteiger partial charge in [-0.25, -0.2) is 0 Å². The third-order valence-electron chi connectivity index (χ3n) is 3.66. The molecular formula is C17H10BrN3O2S3. The number of carbonyl (C=O) groups is 1. The highest BCUT2D eigenvalue weighted by Crippen LogP contribution is 2.30. The highest BCUT2D eigenvalue weighted by atomic mass is 79.9. The van der Waals surface area contributed by atoms with Gasteiger partial charge < -0.3 is 4.98 Å². The van der Waals surface area contributed by atoms with Crippen molar-refractivity contribution in [2.45, 2.75) is 0 Å². The molecule has 0 spiro atoms. The predicted octanol–water partition coefficient (Wildman–Crippen LogP) is 5.00. The van der Waals surface area contributed by atoms with E-state index >= 15 is 0 Å². The van der Waals surface area contributed by atoms with E-state index in [-0.39, 0.29) is 16.2 Å². The van der Waals surface area contributed by atoms with Gasteiger partial charge in [-0.1, -0.05) is 30.3 Å². The van der Waals surface area contributed by atoms with Crippen molar-refractivity contribution in [3.05, 3.63) is 72.3 Å². The van der Waals surface area contributed by atoms with E-state index in [1.807, 2.05) is 36.4 Å². The van der Waals surface area contributed by atoms with E-state index in [9.17, 15) is 9.59 Å². The molecule has 2 N–H and O–H groups in total. The molecule has 3 aromatic heterocycles. The van der Waals surface area contributed by atoms with Crippen LogP contribution in [0.25, 0.3) is 20.7 Å². The molecule has 4 rings (SSSR count). The molecule has 5 nitrogen and oxygen atoms in total. The maximum absolute atomic E-state index is 12.8. The molecule has 0 radical (unpaired) electrons. The minimum atomic E-state index is -0.389. The summed E-state index contributed by atoms with van der Waals surface area (Å²) >= 11 is 11.3. The molecule has 0 atom stereocenters. The van der Waals surface area contributed by atoms with Crippen LogP contribution < -0.4 is 11.0 Å². The number of aromatic amines is 1. The third kappa shape index (κ3) is 3.18. The Morgan fingerprint density at radius 2 is 1.92 bits per heavy atom. The molecule has 1 aromatic carbocycles. The number of H-pyrrole nitrogens is 1. The first kappa shape index (κ1) is 17.3. The first-order valence-electron chi connectivity index (χ1n) is 7.44. The van der Waals surface area contributed by atoms with Gasteiger partial charge in [0.1, 0.15) is 4.83 Å². The molecule has 1 amide bonds. The molecule has 26 heavy (non-hydrogen) atoms. The van der Waals surface area contributed by atoms with Crippen LogP contribution >= 0.6 is 50.8 Å². The molecule has 4 aromatic rings. The van der Waals surface area contributed by atoms with Gasteiger partial charge in [-0.3, -0.25) is 15.0 Å². The van der Waals surface area contributed by atoms with Crippen LogP contribution in [0.3, 0.4) is 0 Å². The summed E-state index contributed by atoms with van der Waals surface area (Å²) in [4.78, 5) is 30.3. The van der Waals surface area contributed by atoms with Gasteiger partial charge in [0.15, 0.2) is 0 Å². The zero-order valence-electron chi connectivity index (χ0n) is 13.0. The lowest BCUT2D eigenvalue weighted by molar-refractivity contribution is 0.101. The van der Waals surface area contributed by atoms with Crippen LogP contribution in [0.2, 0.25) is 0 Å². The van der Waals surface area contributed by atoms with Crippen molar-refractivity contribution in [2.75, 3.05) is 5.43 Å². The SMILES string of the molecule is O=C(Nn1c(=S)[nH]c2sc(-c3ccccc3)cc2c1=O)c1ccc(Br)s1. The largest absolute Gasteiger partial charge is 0.322 e. The van der Waals surface area contributed by atoms with Gasteiger partial charge in [-0.15, -0.1) is 22.7 Å². The van der Waals surface area contributed by atoms with E-state index in [4.69, 9.17) is 12.2 Å². The number of halogens is 1. The zero-order chi connectivity index (χ0) is 18.3. The fourth-order valence-electron chi connectivity index (χ4n) is 2.45. The molecule has 9 heteroatoms. The highest BCUT2D eigenvalue weighted by molar-refractivity contribution is 9.11. The standard InChI is InChI=1S/C17H10BrN3O2S3/c18-13-7-6-11(25-13)14(22)20-21-16(23)10-8-12(9-4-2-1-3-5-9)26-15(10)19-17(21)24/h1-8H,(H,19,24)(H,20,22). The molecular weight excluding hydrogens is 454 g/mol. The van der Waals surface area contributed by atoms with E-state index in [2.05, 4.69) is 26.3 Å². The average molecular weight is 464 g/mol. The average Bonchev–Trinajstić information content (AvgIpc) is 3.26. The first-order valence-corrected chi connectivity index (χ1v) is 10.3. The van der Waals surface area contributed by atoms with Crippen molar-refractivity contribution in [3.63, 3.8) is 0 Å². The summed E-state index contributed by atoms with van der Waals surface area (Å²) in [7, 11) is 0. The van der Waals surface area contributed by atoms with Gasteiger partial charge in [-0.05, 0) is 51.9 Å². The molecule has 130 valence electrons. The fourth-order valence-corrected chi connectivity index (χ4v) is 5.07. The Hall–Kier alpha value is -2.07. The molecule has 0 fully saturated rings. The molecule has 0 aliphatic carbocycles. The monoisotopic (exact) mass is 463 g/mol. The first-order chi connectivity index (χ1) is 12.5. The van der Waals surface area contributed by atoms with Gasteiger partial charge in [0, 0.05) is 4.88 Å². The zero-order valence-corrected chi connectivity index (χ0v) is 17.0. The molecule has 0 bridgehead atoms. The second-order valence-corrected chi connectivity index (χ2v) is 9.24. The van der Waals surface area contributed by atoms with Crippen molar-refractivity contribution in [3.8, 4) is 10.4 Å². The maximum atomic E-state index is 12.8. The van der Waals surface area contributed by atoms with Gasteiger partial charge in [0.25, 0.3) is 11.5 Å². The van der Waals surface area contributed by atoms with Gasteiger partial charge in [-0.2, -0.15) is 4.68 Å². The molecule has 0 unspecified atom stereocenters. The molecule has 3 heterocycles. The van der Waals surface area contributed by atoms with Crippen molar-refractivity contribution in [2.24, 2.45) is 0 Å². The van der Waals surface area contributed by atoms with Crippen molar-refractivity contribution < 1.29 is 4.79 Å². The fraction of sp³-hybridized carbons (Fsp3) is 0. The van der Waals surface area contributed by atoms with Crippen molar-refractivity contribution in [1.29, 1.82) is 0 Å². The number of fused-ring (bicyclic) bond motifs is 1. The third-order valence-corrected chi connectivity index (χ3v) is 6.66. The van der Waals surface area contributed by atoms with Crippen LogP contribution in [0.1, 0.15) is 9.67 Å². The summed E-state index contributed by atoms with van der Waals surface area (Å²) < 4.78 is 2.06. The van der Waals surface area contributed by atoms with Gasteiger partial charge in [0.2, 0.25) is 4.77 Å². The number of aromatic nitrogens is 2. The molecule has 0 saturated heterocycles. The van der Waals surface area contributed by atoms with E-state index in [0.29, 0.717) is 15.1 Å². The number of hydrogen-bond donors (Lipinski definition) is 2. The normalized spacial score (nSPS) is 11.0. The Balaban J connectivity index is 1.78. The lowest BCUT2D eigenvalue weighted by Gasteiger charge is -2.07. The van der Waals surface area contributed by atoms with Crippen molar-refractivity contribution >= 4 is 66.9 Å². The summed E-state index contributed by atoms with van der Waals surface area (Å²) in [5.41, 5.74) is 3.24. The molecule has 0 saturated carbocycles. The minimum Gasteiger partial charge on any atom is -0.322 e. The Bertz CT molecular complexity index is 1240. The number of nitrogens with zero attached hydrogens (tertiary/aromatic N) is 1.